The quantitative estimate of drug-likeness (QED) is 0.849. The van der Waals surface area contributed by atoms with E-state index in [1.54, 1.807) is 6.20 Å². The van der Waals surface area contributed by atoms with Crippen LogP contribution in [0, 0.1) is 0 Å². The van der Waals surface area contributed by atoms with E-state index in [0.717, 1.165) is 23.3 Å². The van der Waals surface area contributed by atoms with Gasteiger partial charge in [-0.15, -0.1) is 0 Å². The summed E-state index contributed by atoms with van der Waals surface area (Å²) in [5.74, 6) is 0.959. The van der Waals surface area contributed by atoms with Crippen molar-refractivity contribution in [3.63, 3.8) is 0 Å². The van der Waals surface area contributed by atoms with Crippen molar-refractivity contribution in [1.29, 1.82) is 0 Å². The van der Waals surface area contributed by atoms with E-state index in [-0.39, 0.29) is 6.29 Å². The van der Waals surface area contributed by atoms with Crippen LogP contribution in [0.15, 0.2) is 22.8 Å². The van der Waals surface area contributed by atoms with Gasteiger partial charge in [-0.3, -0.25) is 0 Å². The first-order valence-corrected chi connectivity index (χ1v) is 6.11. The molecule has 0 aliphatic carbocycles. The number of nitrogens with zero attached hydrogens (tertiary/aromatic N) is 2. The minimum Gasteiger partial charge on any atom is -0.359 e. The lowest BCUT2D eigenvalue weighted by molar-refractivity contribution is -0.0447. The van der Waals surface area contributed by atoms with Crippen molar-refractivity contribution in [2.45, 2.75) is 12.7 Å². The van der Waals surface area contributed by atoms with Crippen LogP contribution in [-0.2, 0) is 9.47 Å². The summed E-state index contributed by atoms with van der Waals surface area (Å²) in [6, 6.07) is 3.97. The van der Waals surface area contributed by atoms with Crippen LogP contribution in [0.2, 0.25) is 0 Å². The van der Waals surface area contributed by atoms with E-state index in [4.69, 9.17) is 9.47 Å². The average molecular weight is 287 g/mol. The number of pyridine rings is 1. The zero-order valence-corrected chi connectivity index (χ0v) is 10.8. The lowest BCUT2D eigenvalue weighted by atomic mass is 10.3. The molecular formula is C11H15BrN2O2. The molecule has 5 heteroatoms. The molecule has 4 nitrogen and oxygen atoms in total. The Morgan fingerprint density at radius 3 is 2.81 bits per heavy atom. The van der Waals surface area contributed by atoms with Crippen molar-refractivity contribution in [1.82, 2.24) is 4.98 Å². The van der Waals surface area contributed by atoms with Crippen LogP contribution in [0.4, 0.5) is 5.82 Å². The average Bonchev–Trinajstić information content (AvgIpc) is 2.80. The fourth-order valence-corrected chi connectivity index (χ4v) is 1.82. The fourth-order valence-electron chi connectivity index (χ4n) is 1.58. The van der Waals surface area contributed by atoms with E-state index in [1.807, 2.05) is 19.2 Å². The van der Waals surface area contributed by atoms with Gasteiger partial charge in [0.05, 0.1) is 13.2 Å². The highest BCUT2D eigenvalue weighted by molar-refractivity contribution is 9.10. The molecule has 0 amide bonds. The normalized spacial score (nSPS) is 16.6. The number of hydrogen-bond donors (Lipinski definition) is 0. The maximum atomic E-state index is 5.38. The van der Waals surface area contributed by atoms with Gasteiger partial charge in [0.15, 0.2) is 6.29 Å². The van der Waals surface area contributed by atoms with E-state index in [0.29, 0.717) is 13.2 Å². The highest BCUT2D eigenvalue weighted by Gasteiger charge is 2.16. The molecule has 16 heavy (non-hydrogen) atoms. The summed E-state index contributed by atoms with van der Waals surface area (Å²) in [4.78, 5) is 6.42. The molecule has 1 aliphatic rings. The van der Waals surface area contributed by atoms with Gasteiger partial charge in [-0.05, 0) is 28.1 Å². The van der Waals surface area contributed by atoms with E-state index in [2.05, 4.69) is 25.8 Å². The molecule has 0 bridgehead atoms. The first-order valence-electron chi connectivity index (χ1n) is 5.31. The fraction of sp³-hybridized carbons (Fsp3) is 0.545. The Hall–Kier alpha value is -0.650. The first-order chi connectivity index (χ1) is 7.75. The second kappa shape index (κ2) is 5.61. The number of hydrogen-bond acceptors (Lipinski definition) is 4. The molecule has 0 spiro atoms. The Labute approximate surface area is 104 Å². The maximum Gasteiger partial charge on any atom is 0.159 e. The molecule has 1 aliphatic heterocycles. The smallest absolute Gasteiger partial charge is 0.159 e. The van der Waals surface area contributed by atoms with Crippen molar-refractivity contribution >= 4 is 21.7 Å². The molecule has 0 atom stereocenters. The van der Waals surface area contributed by atoms with Crippen molar-refractivity contribution in [3.8, 4) is 0 Å². The third-order valence-corrected chi connectivity index (χ3v) is 2.96. The number of ether oxygens (including phenoxy) is 2. The standard InChI is InChI=1S/C11H15BrN2O2/c1-14(5-4-11-15-6-7-16-11)10-3-2-9(12)8-13-10/h2-3,8,11H,4-7H2,1H3. The summed E-state index contributed by atoms with van der Waals surface area (Å²) >= 11 is 3.37. The first kappa shape index (κ1) is 11.8. The van der Waals surface area contributed by atoms with Crippen molar-refractivity contribution < 1.29 is 9.47 Å². The van der Waals surface area contributed by atoms with Crippen LogP contribution >= 0.6 is 15.9 Å². The molecule has 2 rings (SSSR count). The van der Waals surface area contributed by atoms with Crippen molar-refractivity contribution in [2.75, 3.05) is 31.7 Å². The van der Waals surface area contributed by atoms with Gasteiger partial charge in [-0.1, -0.05) is 0 Å². The highest BCUT2D eigenvalue weighted by Crippen LogP contribution is 2.15. The lowest BCUT2D eigenvalue weighted by Gasteiger charge is -2.19. The SMILES string of the molecule is CN(CCC1OCCO1)c1ccc(Br)cn1. The van der Waals surface area contributed by atoms with E-state index in [1.165, 1.54) is 0 Å². The summed E-state index contributed by atoms with van der Waals surface area (Å²) in [6.45, 7) is 2.30. The van der Waals surface area contributed by atoms with Gasteiger partial charge in [0.1, 0.15) is 5.82 Å². The summed E-state index contributed by atoms with van der Waals surface area (Å²) in [6.07, 6.45) is 2.63. The maximum absolute atomic E-state index is 5.38. The van der Waals surface area contributed by atoms with Crippen molar-refractivity contribution in [3.05, 3.63) is 22.8 Å². The molecule has 1 fully saturated rings. The van der Waals surface area contributed by atoms with Crippen LogP contribution in [-0.4, -0.2) is 38.1 Å². The van der Waals surface area contributed by atoms with Crippen LogP contribution in [0.5, 0.6) is 0 Å². The van der Waals surface area contributed by atoms with Crippen LogP contribution < -0.4 is 4.90 Å². The molecule has 1 aromatic rings. The Balaban J connectivity index is 1.82. The van der Waals surface area contributed by atoms with Gasteiger partial charge < -0.3 is 14.4 Å². The molecule has 0 aromatic carbocycles. The van der Waals surface area contributed by atoms with Crippen LogP contribution in [0.1, 0.15) is 6.42 Å². The van der Waals surface area contributed by atoms with Gasteiger partial charge in [0.25, 0.3) is 0 Å². The molecule has 0 radical (unpaired) electrons. The lowest BCUT2D eigenvalue weighted by Crippen LogP contribution is -2.24. The molecule has 0 unspecified atom stereocenters. The second-order valence-electron chi connectivity index (χ2n) is 3.72. The van der Waals surface area contributed by atoms with E-state index in [9.17, 15) is 0 Å². The zero-order chi connectivity index (χ0) is 11.4. The predicted octanol–water partition coefficient (Wildman–Crippen LogP) is 2.04. The molecular weight excluding hydrogens is 272 g/mol. The molecule has 1 aromatic heterocycles. The summed E-state index contributed by atoms with van der Waals surface area (Å²) in [5, 5.41) is 0. The second-order valence-corrected chi connectivity index (χ2v) is 4.63. The number of aromatic nitrogens is 1. The highest BCUT2D eigenvalue weighted by atomic mass is 79.9. The molecule has 0 N–H and O–H groups in total. The molecule has 1 saturated heterocycles. The Kier molecular flexibility index (Phi) is 4.15. The zero-order valence-electron chi connectivity index (χ0n) is 9.23. The van der Waals surface area contributed by atoms with Crippen molar-refractivity contribution in [2.24, 2.45) is 0 Å². The largest absolute Gasteiger partial charge is 0.359 e. The van der Waals surface area contributed by atoms with E-state index >= 15 is 0 Å². The van der Waals surface area contributed by atoms with Gasteiger partial charge in [0.2, 0.25) is 0 Å². The minimum absolute atomic E-state index is 0.0436. The third kappa shape index (κ3) is 3.17. The Morgan fingerprint density at radius 2 is 2.19 bits per heavy atom. The van der Waals surface area contributed by atoms with Crippen LogP contribution in [0.3, 0.4) is 0 Å². The summed E-state index contributed by atoms with van der Waals surface area (Å²) < 4.78 is 11.8. The molecule has 2 heterocycles. The number of rotatable bonds is 4. The van der Waals surface area contributed by atoms with Gasteiger partial charge in [0, 0.05) is 30.7 Å². The Morgan fingerprint density at radius 1 is 1.44 bits per heavy atom. The number of anilines is 1. The monoisotopic (exact) mass is 286 g/mol. The van der Waals surface area contributed by atoms with Gasteiger partial charge in [-0.25, -0.2) is 4.98 Å². The summed E-state index contributed by atoms with van der Waals surface area (Å²) in [7, 11) is 2.02. The van der Waals surface area contributed by atoms with Gasteiger partial charge in [-0.2, -0.15) is 0 Å². The predicted molar refractivity (Wildman–Crippen MR) is 65.5 cm³/mol. The summed E-state index contributed by atoms with van der Waals surface area (Å²) in [5.41, 5.74) is 0. The Bertz CT molecular complexity index is 325. The number of halogens is 1. The van der Waals surface area contributed by atoms with E-state index < -0.39 is 0 Å². The minimum atomic E-state index is -0.0436. The third-order valence-electron chi connectivity index (χ3n) is 2.49. The molecule has 88 valence electrons. The van der Waals surface area contributed by atoms with Gasteiger partial charge >= 0.3 is 0 Å². The molecule has 0 saturated carbocycles. The topological polar surface area (TPSA) is 34.6 Å². The van der Waals surface area contributed by atoms with Crippen LogP contribution in [0.25, 0.3) is 0 Å².